The van der Waals surface area contributed by atoms with Gasteiger partial charge >= 0.3 is 0 Å². The largest absolute Gasteiger partial charge is 0.497 e. The van der Waals surface area contributed by atoms with Crippen LogP contribution in [-0.4, -0.2) is 34.3 Å². The number of ether oxygens (including phenoxy) is 3. The van der Waals surface area contributed by atoms with Gasteiger partial charge in [0.1, 0.15) is 11.5 Å². The minimum atomic E-state index is 0.224. The Bertz CT molecular complexity index is 644. The first kappa shape index (κ1) is 16.5. The highest BCUT2D eigenvalue weighted by molar-refractivity contribution is 7.56. The Labute approximate surface area is 132 Å². The number of hydrogen-bond acceptors (Lipinski definition) is 4. The summed E-state index contributed by atoms with van der Waals surface area (Å²) in [5, 5.41) is 2.29. The van der Waals surface area contributed by atoms with Gasteiger partial charge in [-0.3, -0.25) is 4.99 Å². The zero-order valence-electron chi connectivity index (χ0n) is 13.0. The van der Waals surface area contributed by atoms with Crippen LogP contribution < -0.4 is 20.1 Å². The van der Waals surface area contributed by atoms with Gasteiger partial charge in [0.25, 0.3) is 0 Å². The summed E-state index contributed by atoms with van der Waals surface area (Å²) in [6.45, 7) is 0.224. The van der Waals surface area contributed by atoms with E-state index in [-0.39, 0.29) is 6.79 Å². The Hall–Kier alpha value is -1.90. The van der Waals surface area contributed by atoms with Crippen LogP contribution in [0.15, 0.2) is 47.5 Å². The Morgan fingerprint density at radius 1 is 1.09 bits per heavy atom. The number of hydrogen-bond donors (Lipinski definition) is 0. The van der Waals surface area contributed by atoms with Crippen molar-refractivity contribution in [2.24, 2.45) is 4.99 Å². The number of rotatable bonds is 7. The van der Waals surface area contributed by atoms with Gasteiger partial charge in [0.2, 0.25) is 0 Å². The molecule has 0 amide bonds. The molecule has 116 valence electrons. The Morgan fingerprint density at radius 3 is 2.64 bits per heavy atom. The van der Waals surface area contributed by atoms with Crippen LogP contribution in [0.1, 0.15) is 5.56 Å². The maximum absolute atomic E-state index is 5.65. The molecule has 0 N–H and O–H groups in total. The second-order valence-corrected chi connectivity index (χ2v) is 5.84. The van der Waals surface area contributed by atoms with Gasteiger partial charge in [-0.05, 0) is 29.1 Å². The molecule has 1 atom stereocenters. The first-order valence-electron chi connectivity index (χ1n) is 6.86. The Morgan fingerprint density at radius 2 is 1.91 bits per heavy atom. The van der Waals surface area contributed by atoms with Crippen molar-refractivity contribution in [3.8, 4) is 11.5 Å². The standard InChI is InChI=1S/C17H20NO3P/c1-18-11-13-6-4-5-7-16(13)22-17-10-14(20-3)8-9-15(17)21-12-19-2/h4-11,22H,12H2,1-3H3/b18-11+. The lowest BCUT2D eigenvalue weighted by molar-refractivity contribution is 0.0519. The molecule has 0 saturated carbocycles. The van der Waals surface area contributed by atoms with Gasteiger partial charge in [-0.2, -0.15) is 0 Å². The van der Waals surface area contributed by atoms with E-state index in [9.17, 15) is 0 Å². The van der Waals surface area contributed by atoms with E-state index in [4.69, 9.17) is 14.2 Å². The maximum atomic E-state index is 5.65. The highest BCUT2D eigenvalue weighted by Gasteiger charge is 2.09. The third-order valence-corrected chi connectivity index (χ3v) is 4.40. The number of methoxy groups -OCH3 is 2. The predicted molar refractivity (Wildman–Crippen MR) is 93.0 cm³/mol. The molecule has 0 radical (unpaired) electrons. The maximum Gasteiger partial charge on any atom is 0.188 e. The van der Waals surface area contributed by atoms with Gasteiger partial charge in [0.15, 0.2) is 6.79 Å². The van der Waals surface area contributed by atoms with Crippen LogP contribution in [-0.2, 0) is 4.74 Å². The highest BCUT2D eigenvalue weighted by Crippen LogP contribution is 2.24. The molecule has 0 saturated heterocycles. The normalized spacial score (nSPS) is 11.4. The molecule has 0 fully saturated rings. The summed E-state index contributed by atoms with van der Waals surface area (Å²) >= 11 is 0. The van der Waals surface area contributed by atoms with Crippen molar-refractivity contribution in [3.05, 3.63) is 48.0 Å². The third kappa shape index (κ3) is 4.30. The quantitative estimate of drug-likeness (QED) is 0.447. The van der Waals surface area contributed by atoms with Gasteiger partial charge in [0.05, 0.1) is 7.11 Å². The van der Waals surface area contributed by atoms with Crippen LogP contribution in [0.4, 0.5) is 0 Å². The summed E-state index contributed by atoms with van der Waals surface area (Å²) in [4.78, 5) is 4.12. The van der Waals surface area contributed by atoms with Crippen molar-refractivity contribution in [1.29, 1.82) is 0 Å². The number of nitrogens with zero attached hydrogens (tertiary/aromatic N) is 1. The van der Waals surface area contributed by atoms with Crippen LogP contribution in [0.25, 0.3) is 0 Å². The van der Waals surface area contributed by atoms with E-state index in [2.05, 4.69) is 17.1 Å². The van der Waals surface area contributed by atoms with E-state index in [1.807, 2.05) is 36.5 Å². The van der Waals surface area contributed by atoms with Crippen LogP contribution in [0.2, 0.25) is 0 Å². The molecule has 0 aliphatic heterocycles. The number of benzene rings is 2. The summed E-state index contributed by atoms with van der Waals surface area (Å²) in [6.07, 6.45) is 1.87. The molecule has 4 nitrogen and oxygen atoms in total. The fourth-order valence-corrected chi connectivity index (χ4v) is 3.24. The Kier molecular flexibility index (Phi) is 6.38. The summed E-state index contributed by atoms with van der Waals surface area (Å²) in [7, 11) is 5.49. The van der Waals surface area contributed by atoms with E-state index in [0.29, 0.717) is 8.58 Å². The number of aliphatic imine (C=N–C) groups is 1. The Balaban J connectivity index is 2.34. The van der Waals surface area contributed by atoms with Crippen LogP contribution >= 0.6 is 8.58 Å². The van der Waals surface area contributed by atoms with Crippen molar-refractivity contribution < 1.29 is 14.2 Å². The highest BCUT2D eigenvalue weighted by atomic mass is 31.1. The summed E-state index contributed by atoms with van der Waals surface area (Å²) in [6, 6.07) is 14.0. The van der Waals surface area contributed by atoms with Gasteiger partial charge in [0, 0.05) is 25.7 Å². The molecule has 22 heavy (non-hydrogen) atoms. The van der Waals surface area contributed by atoms with Crippen molar-refractivity contribution in [2.45, 2.75) is 0 Å². The second kappa shape index (κ2) is 8.52. The average molecular weight is 317 g/mol. The van der Waals surface area contributed by atoms with E-state index in [1.54, 1.807) is 21.3 Å². The molecule has 2 rings (SSSR count). The summed E-state index contributed by atoms with van der Waals surface area (Å²) < 4.78 is 16.0. The van der Waals surface area contributed by atoms with Gasteiger partial charge in [-0.25, -0.2) is 0 Å². The average Bonchev–Trinajstić information content (AvgIpc) is 2.55. The van der Waals surface area contributed by atoms with E-state index >= 15 is 0 Å². The molecule has 0 heterocycles. The van der Waals surface area contributed by atoms with Crippen molar-refractivity contribution >= 4 is 25.4 Å². The molecule has 0 aliphatic rings. The molecular weight excluding hydrogens is 297 g/mol. The molecule has 2 aromatic rings. The van der Waals surface area contributed by atoms with Crippen molar-refractivity contribution in [3.63, 3.8) is 0 Å². The van der Waals surface area contributed by atoms with E-state index in [0.717, 1.165) is 22.4 Å². The first-order chi connectivity index (χ1) is 10.8. The molecule has 1 unspecified atom stereocenters. The lowest BCUT2D eigenvalue weighted by Gasteiger charge is -2.13. The zero-order valence-corrected chi connectivity index (χ0v) is 14.0. The predicted octanol–water partition coefficient (Wildman–Crippen LogP) is 2.36. The lowest BCUT2D eigenvalue weighted by atomic mass is 10.2. The van der Waals surface area contributed by atoms with Gasteiger partial charge in [-0.15, -0.1) is 0 Å². The van der Waals surface area contributed by atoms with Crippen LogP contribution in [0, 0.1) is 0 Å². The molecule has 0 spiro atoms. The smallest absolute Gasteiger partial charge is 0.188 e. The van der Waals surface area contributed by atoms with E-state index < -0.39 is 0 Å². The fraction of sp³-hybridized carbons (Fsp3) is 0.235. The van der Waals surface area contributed by atoms with Gasteiger partial charge in [-0.1, -0.05) is 32.8 Å². The zero-order chi connectivity index (χ0) is 15.8. The lowest BCUT2D eigenvalue weighted by Crippen LogP contribution is -2.13. The summed E-state index contributed by atoms with van der Waals surface area (Å²) in [5.74, 6) is 1.62. The van der Waals surface area contributed by atoms with Crippen LogP contribution in [0.5, 0.6) is 11.5 Å². The minimum Gasteiger partial charge on any atom is -0.497 e. The monoisotopic (exact) mass is 317 g/mol. The van der Waals surface area contributed by atoms with Crippen molar-refractivity contribution in [2.75, 3.05) is 28.1 Å². The summed E-state index contributed by atoms with van der Waals surface area (Å²) in [5.41, 5.74) is 1.11. The molecule has 2 aromatic carbocycles. The van der Waals surface area contributed by atoms with Gasteiger partial charge < -0.3 is 14.2 Å². The topological polar surface area (TPSA) is 40.0 Å². The van der Waals surface area contributed by atoms with E-state index in [1.165, 1.54) is 5.30 Å². The first-order valence-corrected chi connectivity index (χ1v) is 7.86. The second-order valence-electron chi connectivity index (χ2n) is 4.51. The van der Waals surface area contributed by atoms with Crippen molar-refractivity contribution in [1.82, 2.24) is 0 Å². The molecule has 0 aliphatic carbocycles. The third-order valence-electron chi connectivity index (χ3n) is 3.02. The molecule has 0 bridgehead atoms. The van der Waals surface area contributed by atoms with Crippen LogP contribution in [0.3, 0.4) is 0 Å². The fourth-order valence-electron chi connectivity index (χ4n) is 1.99. The molecule has 5 heteroatoms. The minimum absolute atomic E-state index is 0.224. The SMILES string of the molecule is C/N=C/c1ccccc1Pc1cc(OC)ccc1OCOC. The molecule has 0 aromatic heterocycles. The molecular formula is C17H20NO3P.